The van der Waals surface area contributed by atoms with Crippen LogP contribution in [0.4, 0.5) is 0 Å². The molecule has 0 aromatic rings. The first kappa shape index (κ1) is 25.5. The monoisotopic (exact) mass is 440 g/mol. The number of rotatable bonds is 10. The number of carbonyl (C=O) groups is 2. The van der Waals surface area contributed by atoms with E-state index in [1.54, 1.807) is 6.08 Å². The number of hydrogen-bond donors (Lipinski definition) is 5. The van der Waals surface area contributed by atoms with Gasteiger partial charge in [-0.15, -0.1) is 0 Å². The van der Waals surface area contributed by atoms with Crippen molar-refractivity contribution in [2.75, 3.05) is 0 Å². The molecule has 0 aliphatic heterocycles. The van der Waals surface area contributed by atoms with Gasteiger partial charge < -0.3 is 30.3 Å². The minimum absolute atomic E-state index is 0.0133. The maximum absolute atomic E-state index is 12.4. The van der Waals surface area contributed by atoms with Gasteiger partial charge in [-0.1, -0.05) is 39.0 Å². The predicted octanol–water partition coefficient (Wildman–Crippen LogP) is 1.76. The molecule has 31 heavy (non-hydrogen) atoms. The molecule has 0 aromatic carbocycles. The zero-order chi connectivity index (χ0) is 23.3. The topological polar surface area (TPSA) is 145 Å². The van der Waals surface area contributed by atoms with Crippen molar-refractivity contribution < 1.29 is 39.9 Å². The Morgan fingerprint density at radius 2 is 2.00 bits per heavy atom. The summed E-state index contributed by atoms with van der Waals surface area (Å²) in [5.41, 5.74) is 0.905. The third kappa shape index (κ3) is 7.14. The van der Waals surface area contributed by atoms with Crippen LogP contribution in [0, 0.1) is 23.7 Å². The Balaban J connectivity index is 2.12. The molecule has 2 aliphatic rings. The molecule has 0 bridgehead atoms. The zero-order valence-corrected chi connectivity index (χ0v) is 18.5. The number of carboxylic acids is 1. The maximum atomic E-state index is 12.4. The summed E-state index contributed by atoms with van der Waals surface area (Å²) < 4.78 is 5.81. The molecule has 0 amide bonds. The Bertz CT molecular complexity index is 698. The number of aliphatic carboxylic acids is 1. The normalized spacial score (nSPS) is 30.2. The summed E-state index contributed by atoms with van der Waals surface area (Å²) in [4.78, 5) is 23.2. The van der Waals surface area contributed by atoms with Crippen LogP contribution in [-0.2, 0) is 14.3 Å². The van der Waals surface area contributed by atoms with Crippen LogP contribution in [0.2, 0.25) is 0 Å². The first-order chi connectivity index (χ1) is 14.4. The Labute approximate surface area is 183 Å². The van der Waals surface area contributed by atoms with Crippen molar-refractivity contribution in [2.24, 2.45) is 23.7 Å². The van der Waals surface area contributed by atoms with E-state index in [1.165, 1.54) is 0 Å². The van der Waals surface area contributed by atoms with Crippen molar-refractivity contribution in [2.45, 2.75) is 83.4 Å². The fourth-order valence-corrected chi connectivity index (χ4v) is 4.60. The van der Waals surface area contributed by atoms with E-state index >= 15 is 0 Å². The fraction of sp³-hybridized carbons (Fsp3) is 0.739. The maximum Gasteiger partial charge on any atom is 0.308 e. The summed E-state index contributed by atoms with van der Waals surface area (Å²) in [5.74, 6) is -4.35. The van der Waals surface area contributed by atoms with Gasteiger partial charge >= 0.3 is 11.9 Å². The minimum atomic E-state index is -2.47. The van der Waals surface area contributed by atoms with Gasteiger partial charge in [0, 0.05) is 18.8 Å². The molecular weight excluding hydrogens is 404 g/mol. The second-order valence-corrected chi connectivity index (χ2v) is 9.15. The molecule has 8 nitrogen and oxygen atoms in total. The van der Waals surface area contributed by atoms with Crippen molar-refractivity contribution in [1.82, 2.24) is 0 Å². The number of hydrogen-bond acceptors (Lipinski definition) is 7. The molecule has 0 unspecified atom stereocenters. The van der Waals surface area contributed by atoms with E-state index in [9.17, 15) is 30.0 Å². The van der Waals surface area contributed by atoms with Gasteiger partial charge in [-0.3, -0.25) is 9.59 Å². The Morgan fingerprint density at radius 1 is 1.32 bits per heavy atom. The second-order valence-electron chi connectivity index (χ2n) is 9.15. The Hall–Kier alpha value is -1.74. The quantitative estimate of drug-likeness (QED) is 0.255. The van der Waals surface area contributed by atoms with Crippen molar-refractivity contribution in [3.63, 3.8) is 0 Å². The van der Waals surface area contributed by atoms with Crippen molar-refractivity contribution in [3.8, 4) is 0 Å². The Kier molecular flexibility index (Phi) is 8.83. The predicted molar refractivity (Wildman–Crippen MR) is 113 cm³/mol. The van der Waals surface area contributed by atoms with Gasteiger partial charge in [0.15, 0.2) is 5.79 Å². The SMILES string of the molecule is CC[C@H](C)C(=O)O[C@H]1C[C@H](O)C=C2C=C[C@H](C)[C@H](CC[C@@H](O)CC(O)(O)CC(=O)O)[C@H]21. The van der Waals surface area contributed by atoms with Gasteiger partial charge in [0.1, 0.15) is 6.10 Å². The first-order valence-electron chi connectivity index (χ1n) is 11.1. The lowest BCUT2D eigenvalue weighted by molar-refractivity contribution is -0.194. The number of fused-ring (bicyclic) bond motifs is 1. The number of carbonyl (C=O) groups excluding carboxylic acids is 1. The summed E-state index contributed by atoms with van der Waals surface area (Å²) >= 11 is 0. The fourth-order valence-electron chi connectivity index (χ4n) is 4.60. The van der Waals surface area contributed by atoms with E-state index < -0.39 is 42.9 Å². The van der Waals surface area contributed by atoms with Gasteiger partial charge in [0.05, 0.1) is 24.5 Å². The van der Waals surface area contributed by atoms with Gasteiger partial charge in [0.2, 0.25) is 0 Å². The minimum Gasteiger partial charge on any atom is -0.481 e. The molecule has 0 aromatic heterocycles. The molecule has 7 atom stereocenters. The van der Waals surface area contributed by atoms with E-state index in [-0.39, 0.29) is 36.1 Å². The lowest BCUT2D eigenvalue weighted by Crippen LogP contribution is -2.43. The molecular formula is C23H36O8. The molecule has 176 valence electrons. The van der Waals surface area contributed by atoms with Gasteiger partial charge in [-0.05, 0) is 36.7 Å². The van der Waals surface area contributed by atoms with Crippen molar-refractivity contribution in [1.29, 1.82) is 0 Å². The number of ether oxygens (including phenoxy) is 1. The number of carboxylic acid groups (broad SMARTS) is 1. The van der Waals surface area contributed by atoms with E-state index in [2.05, 4.69) is 0 Å². The van der Waals surface area contributed by atoms with Crippen LogP contribution in [0.3, 0.4) is 0 Å². The molecule has 0 heterocycles. The van der Waals surface area contributed by atoms with Crippen LogP contribution in [0.5, 0.6) is 0 Å². The van der Waals surface area contributed by atoms with Crippen LogP contribution in [0.1, 0.15) is 59.3 Å². The molecule has 0 fully saturated rings. The number of aliphatic hydroxyl groups is 4. The lowest BCUT2D eigenvalue weighted by Gasteiger charge is -2.43. The summed E-state index contributed by atoms with van der Waals surface area (Å²) in [7, 11) is 0. The summed E-state index contributed by atoms with van der Waals surface area (Å²) in [5, 5.41) is 48.9. The van der Waals surface area contributed by atoms with Crippen molar-refractivity contribution >= 4 is 11.9 Å². The van der Waals surface area contributed by atoms with E-state index in [1.807, 2.05) is 32.9 Å². The van der Waals surface area contributed by atoms with Crippen LogP contribution >= 0.6 is 0 Å². The van der Waals surface area contributed by atoms with E-state index in [0.717, 1.165) is 5.57 Å². The van der Waals surface area contributed by atoms with E-state index in [0.29, 0.717) is 19.3 Å². The lowest BCUT2D eigenvalue weighted by atomic mass is 9.66. The number of allylic oxidation sites excluding steroid dienone is 2. The van der Waals surface area contributed by atoms with Crippen LogP contribution in [-0.4, -0.2) is 61.6 Å². The molecule has 0 saturated carbocycles. The highest BCUT2D eigenvalue weighted by atomic mass is 16.5. The van der Waals surface area contributed by atoms with Gasteiger partial charge in [-0.25, -0.2) is 0 Å². The van der Waals surface area contributed by atoms with Crippen molar-refractivity contribution in [3.05, 3.63) is 23.8 Å². The third-order valence-electron chi connectivity index (χ3n) is 6.49. The largest absolute Gasteiger partial charge is 0.481 e. The smallest absolute Gasteiger partial charge is 0.308 e. The highest BCUT2D eigenvalue weighted by Gasteiger charge is 2.42. The molecule has 2 aliphatic carbocycles. The number of esters is 1. The zero-order valence-electron chi connectivity index (χ0n) is 18.5. The average molecular weight is 441 g/mol. The standard InChI is InChI=1S/C23H36O8/c1-4-13(2)22(28)31-19-10-17(25)9-15-6-5-14(3)18(21(15)19)8-7-16(24)11-23(29,30)12-20(26)27/h5-6,9,13-14,16-19,21,24-25,29-30H,4,7-8,10-12H2,1-3H3,(H,26,27)/t13-,14-,16+,17+,18-,19-,21-/m0/s1. The molecule has 0 radical (unpaired) electrons. The van der Waals surface area contributed by atoms with Crippen LogP contribution < -0.4 is 0 Å². The molecule has 8 heteroatoms. The molecule has 0 saturated heterocycles. The second kappa shape index (κ2) is 10.7. The highest BCUT2D eigenvalue weighted by molar-refractivity contribution is 5.72. The molecule has 0 spiro atoms. The summed E-state index contributed by atoms with van der Waals surface area (Å²) in [6.07, 6.45) is 3.89. The summed E-state index contributed by atoms with van der Waals surface area (Å²) in [6, 6.07) is 0. The number of aliphatic hydroxyl groups excluding tert-OH is 2. The van der Waals surface area contributed by atoms with E-state index in [4.69, 9.17) is 9.84 Å². The summed E-state index contributed by atoms with van der Waals surface area (Å²) in [6.45, 7) is 5.76. The Morgan fingerprint density at radius 3 is 2.61 bits per heavy atom. The van der Waals surface area contributed by atoms with Crippen LogP contribution in [0.15, 0.2) is 23.8 Å². The molecule has 5 N–H and O–H groups in total. The molecule has 2 rings (SSSR count). The van der Waals surface area contributed by atoms with Gasteiger partial charge in [-0.2, -0.15) is 0 Å². The average Bonchev–Trinajstić information content (AvgIpc) is 2.65. The third-order valence-corrected chi connectivity index (χ3v) is 6.49. The van der Waals surface area contributed by atoms with Crippen LogP contribution in [0.25, 0.3) is 0 Å². The highest BCUT2D eigenvalue weighted by Crippen LogP contribution is 2.44. The van der Waals surface area contributed by atoms with Gasteiger partial charge in [0.25, 0.3) is 0 Å². The first-order valence-corrected chi connectivity index (χ1v) is 11.1.